The molecule has 1 unspecified atom stereocenters. The van der Waals surface area contributed by atoms with Gasteiger partial charge in [-0.25, -0.2) is 0 Å². The van der Waals surface area contributed by atoms with Gasteiger partial charge >= 0.3 is 0 Å². The molecule has 0 aliphatic rings. The quantitative estimate of drug-likeness (QED) is 0.0727. The third kappa shape index (κ3) is 25.4. The van der Waals surface area contributed by atoms with Crippen LogP contribution in [0.4, 0.5) is 0 Å². The van der Waals surface area contributed by atoms with E-state index in [0.29, 0.717) is 5.92 Å². The number of hydrogen-bond acceptors (Lipinski definition) is 2. The second-order valence-electron chi connectivity index (χ2n) is 11.0. The molecular weight excluding hydrogens is 428 g/mol. The number of hydrogen-bond donors (Lipinski definition) is 0. The van der Waals surface area contributed by atoms with Crippen LogP contribution in [0.25, 0.3) is 0 Å². The fourth-order valence-electron chi connectivity index (χ4n) is 5.38. The average molecular weight is 497 g/mol. The van der Waals surface area contributed by atoms with Gasteiger partial charge in [-0.2, -0.15) is 0 Å². The standard InChI is InChI=1S/C33H68O2/c1-5-9-11-13-15-16-17-18-19-20-21-22-23-25-27-29-31-32(33(34-7-3)35-8-4)30-28-26-24-14-12-10-6-2/h32-33H,5-31H2,1-4H3. The van der Waals surface area contributed by atoms with Crippen LogP contribution in [0.2, 0.25) is 0 Å². The van der Waals surface area contributed by atoms with Crippen LogP contribution < -0.4 is 0 Å². The first-order valence-electron chi connectivity index (χ1n) is 16.5. The molecule has 0 rings (SSSR count). The summed E-state index contributed by atoms with van der Waals surface area (Å²) in [6.07, 6.45) is 35.2. The van der Waals surface area contributed by atoms with E-state index >= 15 is 0 Å². The van der Waals surface area contributed by atoms with Crippen molar-refractivity contribution in [3.05, 3.63) is 0 Å². The summed E-state index contributed by atoms with van der Waals surface area (Å²) in [5.41, 5.74) is 0. The van der Waals surface area contributed by atoms with Gasteiger partial charge in [0.15, 0.2) is 6.29 Å². The fraction of sp³-hybridized carbons (Fsp3) is 1.00. The molecule has 0 amide bonds. The van der Waals surface area contributed by atoms with Crippen LogP contribution >= 0.6 is 0 Å². The maximum atomic E-state index is 6.01. The fourth-order valence-corrected chi connectivity index (χ4v) is 5.38. The van der Waals surface area contributed by atoms with Crippen LogP contribution in [0, 0.1) is 5.92 Å². The molecule has 0 bridgehead atoms. The molecule has 0 aliphatic carbocycles. The Labute approximate surface area is 223 Å². The highest BCUT2D eigenvalue weighted by Gasteiger charge is 2.21. The molecule has 2 heteroatoms. The first-order valence-corrected chi connectivity index (χ1v) is 16.5. The minimum Gasteiger partial charge on any atom is -0.353 e. The smallest absolute Gasteiger partial charge is 0.160 e. The molecule has 0 saturated heterocycles. The van der Waals surface area contributed by atoms with Crippen LogP contribution in [0.5, 0.6) is 0 Å². The Hall–Kier alpha value is -0.0800. The topological polar surface area (TPSA) is 18.5 Å². The molecule has 0 aromatic heterocycles. The molecule has 0 spiro atoms. The van der Waals surface area contributed by atoms with E-state index in [2.05, 4.69) is 27.7 Å². The summed E-state index contributed by atoms with van der Waals surface area (Å²) in [5, 5.41) is 0. The molecule has 212 valence electrons. The highest BCUT2D eigenvalue weighted by molar-refractivity contribution is 4.65. The molecule has 0 N–H and O–H groups in total. The van der Waals surface area contributed by atoms with E-state index in [1.54, 1.807) is 0 Å². The Morgan fingerprint density at radius 1 is 0.343 bits per heavy atom. The lowest BCUT2D eigenvalue weighted by atomic mass is 9.93. The lowest BCUT2D eigenvalue weighted by molar-refractivity contribution is -0.170. The van der Waals surface area contributed by atoms with Crippen LogP contribution in [-0.2, 0) is 9.47 Å². The molecule has 0 heterocycles. The zero-order valence-corrected chi connectivity index (χ0v) is 25.1. The molecule has 0 aromatic rings. The van der Waals surface area contributed by atoms with Gasteiger partial charge in [0.2, 0.25) is 0 Å². The summed E-state index contributed by atoms with van der Waals surface area (Å²) in [5.74, 6) is 0.581. The monoisotopic (exact) mass is 497 g/mol. The molecule has 0 aromatic carbocycles. The number of ether oxygens (including phenoxy) is 2. The van der Waals surface area contributed by atoms with Gasteiger partial charge in [0.25, 0.3) is 0 Å². The molecule has 0 radical (unpaired) electrons. The van der Waals surface area contributed by atoms with Crippen molar-refractivity contribution >= 4 is 0 Å². The molecule has 0 aliphatic heterocycles. The van der Waals surface area contributed by atoms with E-state index in [9.17, 15) is 0 Å². The van der Waals surface area contributed by atoms with Crippen LogP contribution in [0.3, 0.4) is 0 Å². The van der Waals surface area contributed by atoms with Crippen LogP contribution in [0.1, 0.15) is 188 Å². The summed E-state index contributed by atoms with van der Waals surface area (Å²) in [6.45, 7) is 10.3. The van der Waals surface area contributed by atoms with Gasteiger partial charge in [-0.3, -0.25) is 0 Å². The van der Waals surface area contributed by atoms with Gasteiger partial charge in [0.05, 0.1) is 0 Å². The van der Waals surface area contributed by atoms with Gasteiger partial charge in [0.1, 0.15) is 0 Å². The lowest BCUT2D eigenvalue weighted by Gasteiger charge is -2.27. The van der Waals surface area contributed by atoms with E-state index in [1.165, 1.54) is 161 Å². The predicted octanol–water partition coefficient (Wildman–Crippen LogP) is 11.8. The van der Waals surface area contributed by atoms with Crippen molar-refractivity contribution in [2.75, 3.05) is 13.2 Å². The maximum Gasteiger partial charge on any atom is 0.160 e. The van der Waals surface area contributed by atoms with Gasteiger partial charge in [0, 0.05) is 19.1 Å². The molecule has 35 heavy (non-hydrogen) atoms. The predicted molar refractivity (Wildman–Crippen MR) is 157 cm³/mol. The minimum atomic E-state index is 0.0152. The van der Waals surface area contributed by atoms with E-state index in [-0.39, 0.29) is 6.29 Å². The third-order valence-electron chi connectivity index (χ3n) is 7.65. The zero-order chi connectivity index (χ0) is 25.7. The highest BCUT2D eigenvalue weighted by Crippen LogP contribution is 2.25. The average Bonchev–Trinajstić information content (AvgIpc) is 2.86. The van der Waals surface area contributed by atoms with Gasteiger partial charge in [-0.1, -0.05) is 162 Å². The summed E-state index contributed by atoms with van der Waals surface area (Å²) in [7, 11) is 0. The zero-order valence-electron chi connectivity index (χ0n) is 25.1. The highest BCUT2D eigenvalue weighted by atomic mass is 16.7. The van der Waals surface area contributed by atoms with Crippen LogP contribution in [-0.4, -0.2) is 19.5 Å². The lowest BCUT2D eigenvalue weighted by Crippen LogP contribution is -2.27. The summed E-state index contributed by atoms with van der Waals surface area (Å²) < 4.78 is 12.0. The minimum absolute atomic E-state index is 0.0152. The van der Waals surface area contributed by atoms with Crippen molar-refractivity contribution in [2.45, 2.75) is 195 Å². The van der Waals surface area contributed by atoms with Crippen molar-refractivity contribution in [3.8, 4) is 0 Å². The van der Waals surface area contributed by atoms with Crippen molar-refractivity contribution in [3.63, 3.8) is 0 Å². The second kappa shape index (κ2) is 30.1. The van der Waals surface area contributed by atoms with Crippen molar-refractivity contribution < 1.29 is 9.47 Å². The van der Waals surface area contributed by atoms with Gasteiger partial charge in [-0.05, 0) is 26.7 Å². The van der Waals surface area contributed by atoms with E-state index < -0.39 is 0 Å². The second-order valence-corrected chi connectivity index (χ2v) is 11.0. The Morgan fingerprint density at radius 2 is 0.600 bits per heavy atom. The van der Waals surface area contributed by atoms with E-state index in [0.717, 1.165) is 13.2 Å². The van der Waals surface area contributed by atoms with E-state index in [1.807, 2.05) is 0 Å². The first kappa shape index (κ1) is 34.9. The molecule has 0 fully saturated rings. The maximum absolute atomic E-state index is 6.01. The summed E-state index contributed by atoms with van der Waals surface area (Å²) in [4.78, 5) is 0. The normalized spacial score (nSPS) is 12.6. The third-order valence-corrected chi connectivity index (χ3v) is 7.65. The van der Waals surface area contributed by atoms with Crippen molar-refractivity contribution in [1.29, 1.82) is 0 Å². The molecule has 1 atom stereocenters. The Bertz CT molecular complexity index is 364. The largest absolute Gasteiger partial charge is 0.353 e. The Kier molecular flexibility index (Phi) is 30.1. The number of rotatable bonds is 30. The van der Waals surface area contributed by atoms with Crippen molar-refractivity contribution in [1.82, 2.24) is 0 Å². The van der Waals surface area contributed by atoms with Gasteiger partial charge in [-0.15, -0.1) is 0 Å². The molecular formula is C33H68O2. The molecule has 2 nitrogen and oxygen atoms in total. The summed E-state index contributed by atoms with van der Waals surface area (Å²) >= 11 is 0. The van der Waals surface area contributed by atoms with E-state index in [4.69, 9.17) is 9.47 Å². The Balaban J connectivity index is 3.78. The van der Waals surface area contributed by atoms with Crippen molar-refractivity contribution in [2.24, 2.45) is 5.92 Å². The van der Waals surface area contributed by atoms with Crippen LogP contribution in [0.15, 0.2) is 0 Å². The Morgan fingerprint density at radius 3 is 0.857 bits per heavy atom. The number of unbranched alkanes of at least 4 members (excludes halogenated alkanes) is 21. The SMILES string of the molecule is CCCCCCCCCCCCCCCCCCC(CCCCCCCCC)C(OCC)OCC. The van der Waals surface area contributed by atoms with Gasteiger partial charge < -0.3 is 9.47 Å². The molecule has 0 saturated carbocycles. The summed E-state index contributed by atoms with van der Waals surface area (Å²) in [6, 6.07) is 0. The first-order chi connectivity index (χ1) is 17.3.